The molecular formula is C11H15BrN2. The average molecular weight is 255 g/mol. The number of hydrogen-bond acceptors (Lipinski definition) is 2. The number of benzene rings is 1. The van der Waals surface area contributed by atoms with Gasteiger partial charge in [-0.15, -0.1) is 0 Å². The van der Waals surface area contributed by atoms with Crippen LogP contribution in [0.5, 0.6) is 0 Å². The van der Waals surface area contributed by atoms with Crippen LogP contribution in [0.1, 0.15) is 12.5 Å². The Morgan fingerprint density at radius 1 is 1.57 bits per heavy atom. The number of nitrogens with two attached hydrogens (primary N) is 1. The molecule has 1 aliphatic heterocycles. The zero-order chi connectivity index (χ0) is 10.1. The van der Waals surface area contributed by atoms with Crippen molar-refractivity contribution in [3.63, 3.8) is 0 Å². The van der Waals surface area contributed by atoms with Crippen molar-refractivity contribution in [1.29, 1.82) is 0 Å². The molecule has 0 radical (unpaired) electrons. The Morgan fingerprint density at radius 3 is 3.07 bits per heavy atom. The third-order valence-corrected chi connectivity index (χ3v) is 3.55. The minimum absolute atomic E-state index is 0.576. The standard InChI is InChI=1S/C11H15BrN2/c1-8-7-9-10(12)3-2-4-11(9)14(8)6-5-13/h2-4,8H,5-7,13H2,1H3. The maximum atomic E-state index is 5.61. The first-order valence-electron chi connectivity index (χ1n) is 4.98. The van der Waals surface area contributed by atoms with Crippen LogP contribution in [0, 0.1) is 0 Å². The summed E-state index contributed by atoms with van der Waals surface area (Å²) in [4.78, 5) is 2.39. The number of halogens is 1. The normalized spacial score (nSPS) is 19.9. The summed E-state index contributed by atoms with van der Waals surface area (Å²) in [5.74, 6) is 0. The van der Waals surface area contributed by atoms with Gasteiger partial charge in [0.05, 0.1) is 0 Å². The fourth-order valence-corrected chi connectivity index (χ4v) is 2.66. The smallest absolute Gasteiger partial charge is 0.0413 e. The predicted molar refractivity (Wildman–Crippen MR) is 63.7 cm³/mol. The number of anilines is 1. The Bertz CT molecular complexity index is 338. The van der Waals surface area contributed by atoms with Gasteiger partial charge in [0.25, 0.3) is 0 Å². The Balaban J connectivity index is 2.37. The van der Waals surface area contributed by atoms with Crippen LogP contribution in [0.3, 0.4) is 0 Å². The Morgan fingerprint density at radius 2 is 2.36 bits per heavy atom. The van der Waals surface area contributed by atoms with Crippen LogP contribution in [0.4, 0.5) is 5.69 Å². The molecule has 1 atom stereocenters. The molecule has 14 heavy (non-hydrogen) atoms. The van der Waals surface area contributed by atoms with E-state index in [9.17, 15) is 0 Å². The second-order valence-corrected chi connectivity index (χ2v) is 4.63. The molecule has 1 aromatic carbocycles. The molecule has 0 spiro atoms. The van der Waals surface area contributed by atoms with Crippen LogP contribution in [0.15, 0.2) is 22.7 Å². The molecule has 1 unspecified atom stereocenters. The highest BCUT2D eigenvalue weighted by molar-refractivity contribution is 9.10. The summed E-state index contributed by atoms with van der Waals surface area (Å²) < 4.78 is 1.22. The van der Waals surface area contributed by atoms with Crippen molar-refractivity contribution in [2.24, 2.45) is 5.73 Å². The van der Waals surface area contributed by atoms with Crippen molar-refractivity contribution in [2.75, 3.05) is 18.0 Å². The van der Waals surface area contributed by atoms with E-state index in [1.54, 1.807) is 0 Å². The van der Waals surface area contributed by atoms with Gasteiger partial charge >= 0.3 is 0 Å². The zero-order valence-corrected chi connectivity index (χ0v) is 9.92. The van der Waals surface area contributed by atoms with Gasteiger partial charge in [-0.1, -0.05) is 22.0 Å². The van der Waals surface area contributed by atoms with Crippen molar-refractivity contribution in [3.05, 3.63) is 28.2 Å². The van der Waals surface area contributed by atoms with Gasteiger partial charge < -0.3 is 10.6 Å². The fourth-order valence-electron chi connectivity index (χ4n) is 2.14. The first-order valence-corrected chi connectivity index (χ1v) is 5.77. The largest absolute Gasteiger partial charge is 0.367 e. The summed E-state index contributed by atoms with van der Waals surface area (Å²) in [5.41, 5.74) is 8.38. The van der Waals surface area contributed by atoms with Crippen molar-refractivity contribution in [1.82, 2.24) is 0 Å². The van der Waals surface area contributed by atoms with E-state index in [4.69, 9.17) is 5.73 Å². The van der Waals surface area contributed by atoms with Gasteiger partial charge in [-0.05, 0) is 31.0 Å². The number of rotatable bonds is 2. The van der Waals surface area contributed by atoms with Crippen LogP contribution < -0.4 is 10.6 Å². The van der Waals surface area contributed by atoms with E-state index in [1.807, 2.05) is 0 Å². The lowest BCUT2D eigenvalue weighted by atomic mass is 10.1. The molecule has 1 aliphatic rings. The topological polar surface area (TPSA) is 29.3 Å². The molecule has 0 amide bonds. The summed E-state index contributed by atoms with van der Waals surface area (Å²) in [6.07, 6.45) is 1.12. The van der Waals surface area contributed by atoms with Gasteiger partial charge in [0.2, 0.25) is 0 Å². The highest BCUT2D eigenvalue weighted by atomic mass is 79.9. The molecule has 0 saturated heterocycles. The summed E-state index contributed by atoms with van der Waals surface area (Å²) in [6.45, 7) is 3.92. The lowest BCUT2D eigenvalue weighted by Crippen LogP contribution is -2.33. The van der Waals surface area contributed by atoms with Crippen LogP contribution >= 0.6 is 15.9 Å². The summed E-state index contributed by atoms with van der Waals surface area (Å²) in [5, 5.41) is 0. The lowest BCUT2D eigenvalue weighted by Gasteiger charge is -2.23. The highest BCUT2D eigenvalue weighted by Crippen LogP contribution is 2.36. The van der Waals surface area contributed by atoms with E-state index in [1.165, 1.54) is 15.7 Å². The molecule has 1 aromatic rings. The van der Waals surface area contributed by atoms with Crippen molar-refractivity contribution >= 4 is 21.6 Å². The molecule has 0 aliphatic carbocycles. The van der Waals surface area contributed by atoms with E-state index in [2.05, 4.69) is 46.0 Å². The molecule has 0 aromatic heterocycles. The first kappa shape index (κ1) is 9.99. The van der Waals surface area contributed by atoms with E-state index in [0.717, 1.165) is 19.5 Å². The summed E-state index contributed by atoms with van der Waals surface area (Å²) in [7, 11) is 0. The molecule has 2 nitrogen and oxygen atoms in total. The van der Waals surface area contributed by atoms with E-state index in [0.29, 0.717) is 6.04 Å². The van der Waals surface area contributed by atoms with Gasteiger partial charge in [0, 0.05) is 29.3 Å². The van der Waals surface area contributed by atoms with Gasteiger partial charge in [-0.25, -0.2) is 0 Å². The molecular weight excluding hydrogens is 240 g/mol. The number of hydrogen-bond donors (Lipinski definition) is 1. The maximum Gasteiger partial charge on any atom is 0.0413 e. The first-order chi connectivity index (χ1) is 6.74. The Labute approximate surface area is 93.2 Å². The molecule has 0 fully saturated rings. The van der Waals surface area contributed by atoms with Gasteiger partial charge in [-0.2, -0.15) is 0 Å². The quantitative estimate of drug-likeness (QED) is 0.877. The van der Waals surface area contributed by atoms with Crippen molar-refractivity contribution in [2.45, 2.75) is 19.4 Å². The Kier molecular flexibility index (Phi) is 2.79. The minimum Gasteiger partial charge on any atom is -0.367 e. The minimum atomic E-state index is 0.576. The second-order valence-electron chi connectivity index (χ2n) is 3.77. The highest BCUT2D eigenvalue weighted by Gasteiger charge is 2.26. The lowest BCUT2D eigenvalue weighted by molar-refractivity contribution is 0.674. The molecule has 2 N–H and O–H groups in total. The SMILES string of the molecule is CC1Cc2c(Br)cccc2N1CCN. The monoisotopic (exact) mass is 254 g/mol. The van der Waals surface area contributed by atoms with Gasteiger partial charge in [-0.3, -0.25) is 0 Å². The van der Waals surface area contributed by atoms with E-state index >= 15 is 0 Å². The molecule has 3 heteroatoms. The van der Waals surface area contributed by atoms with Crippen LogP contribution in [0.25, 0.3) is 0 Å². The summed E-state index contributed by atoms with van der Waals surface area (Å²) in [6, 6.07) is 6.95. The van der Waals surface area contributed by atoms with Gasteiger partial charge in [0.1, 0.15) is 0 Å². The Hall–Kier alpha value is -0.540. The molecule has 1 heterocycles. The molecule has 2 rings (SSSR count). The van der Waals surface area contributed by atoms with Crippen molar-refractivity contribution < 1.29 is 0 Å². The second kappa shape index (κ2) is 3.91. The fraction of sp³-hybridized carbons (Fsp3) is 0.455. The average Bonchev–Trinajstić information content (AvgIpc) is 2.47. The number of fused-ring (bicyclic) bond motifs is 1. The van der Waals surface area contributed by atoms with Crippen LogP contribution in [-0.2, 0) is 6.42 Å². The number of nitrogens with zero attached hydrogens (tertiary/aromatic N) is 1. The van der Waals surface area contributed by atoms with Crippen LogP contribution in [-0.4, -0.2) is 19.1 Å². The predicted octanol–water partition coefficient (Wildman–Crippen LogP) is 2.16. The third kappa shape index (κ3) is 1.55. The molecule has 76 valence electrons. The summed E-state index contributed by atoms with van der Waals surface area (Å²) >= 11 is 3.60. The third-order valence-electron chi connectivity index (χ3n) is 2.81. The maximum absolute atomic E-state index is 5.61. The van der Waals surface area contributed by atoms with E-state index in [-0.39, 0.29) is 0 Å². The van der Waals surface area contributed by atoms with Crippen molar-refractivity contribution in [3.8, 4) is 0 Å². The van der Waals surface area contributed by atoms with Crippen LogP contribution in [0.2, 0.25) is 0 Å². The van der Waals surface area contributed by atoms with E-state index < -0.39 is 0 Å². The zero-order valence-electron chi connectivity index (χ0n) is 8.33. The molecule has 0 bridgehead atoms. The van der Waals surface area contributed by atoms with Gasteiger partial charge in [0.15, 0.2) is 0 Å². The molecule has 0 saturated carbocycles.